The number of fused-ring (bicyclic) bond motifs is 6. The van der Waals surface area contributed by atoms with E-state index in [2.05, 4.69) is 83.1 Å². The van der Waals surface area contributed by atoms with Crippen LogP contribution in [0.15, 0.2) is 109 Å². The lowest BCUT2D eigenvalue weighted by atomic mass is 9.94. The number of carbonyl (C=O) groups excluding carboxylic acids is 1. The van der Waals surface area contributed by atoms with Crippen LogP contribution in [0, 0.1) is 0 Å². The molecule has 2 N–H and O–H groups in total. The zero-order chi connectivity index (χ0) is 27.9. The maximum atomic E-state index is 12.8. The zero-order valence-electron chi connectivity index (χ0n) is 21.8. The van der Waals surface area contributed by atoms with Crippen LogP contribution in [0.2, 0.25) is 10.0 Å². The lowest BCUT2D eigenvalue weighted by molar-refractivity contribution is -0.116. The molecule has 0 saturated carbocycles. The molecule has 1 amide bonds. The molecule has 2 heterocycles. The van der Waals surface area contributed by atoms with Crippen LogP contribution in [0.1, 0.15) is 11.3 Å². The summed E-state index contributed by atoms with van der Waals surface area (Å²) in [7, 11) is 0. The van der Waals surface area contributed by atoms with Crippen LogP contribution >= 0.6 is 23.2 Å². The minimum Gasteiger partial charge on any atom is -0.353 e. The Balaban J connectivity index is 1.32. The van der Waals surface area contributed by atoms with Crippen molar-refractivity contribution < 1.29 is 4.79 Å². The number of rotatable bonds is 5. The van der Waals surface area contributed by atoms with E-state index in [1.165, 1.54) is 16.8 Å². The Bertz CT molecular complexity index is 2160. The second-order valence-corrected chi connectivity index (χ2v) is 10.8. The standard InChI is InChI=1S/C35H23Cl2N3O/c36-30-15-13-21(17-31(30)37)14-16-33(41)38-20-23-19-29-27-11-5-6-12-32(27)40-35(29)34(39-23)28-18-22-7-1-2-8-24(22)25-9-3-4-10-26(25)28/h1-19,40H,20H2,(H,38,41)/b16-14+. The molecule has 0 aliphatic heterocycles. The SMILES string of the molecule is O=C(/C=C/c1ccc(Cl)c(Cl)c1)NCc1cc2c([nH]c3ccccc32)c(-c2cc3ccccc3c3ccccc23)n1. The first-order valence-corrected chi connectivity index (χ1v) is 14.0. The fraction of sp³-hybridized carbons (Fsp3) is 0.0286. The third kappa shape index (κ3) is 4.71. The Morgan fingerprint density at radius 1 is 0.756 bits per heavy atom. The van der Waals surface area contributed by atoms with Crippen LogP contribution < -0.4 is 5.32 Å². The summed E-state index contributed by atoms with van der Waals surface area (Å²) in [5.41, 5.74) is 5.48. The van der Waals surface area contributed by atoms with Gasteiger partial charge in [0.15, 0.2) is 0 Å². The first-order chi connectivity index (χ1) is 20.0. The molecule has 41 heavy (non-hydrogen) atoms. The highest BCUT2D eigenvalue weighted by atomic mass is 35.5. The molecule has 0 saturated heterocycles. The van der Waals surface area contributed by atoms with Crippen LogP contribution in [0.5, 0.6) is 0 Å². The number of carbonyl (C=O) groups is 1. The summed E-state index contributed by atoms with van der Waals surface area (Å²) in [5.74, 6) is -0.227. The molecule has 7 aromatic rings. The Hall–Kier alpha value is -4.64. The highest BCUT2D eigenvalue weighted by Gasteiger charge is 2.17. The van der Waals surface area contributed by atoms with E-state index in [0.29, 0.717) is 10.0 Å². The highest BCUT2D eigenvalue weighted by Crippen LogP contribution is 2.38. The van der Waals surface area contributed by atoms with Crippen LogP contribution in [0.3, 0.4) is 0 Å². The van der Waals surface area contributed by atoms with E-state index in [4.69, 9.17) is 28.2 Å². The van der Waals surface area contributed by atoms with E-state index in [-0.39, 0.29) is 12.5 Å². The van der Waals surface area contributed by atoms with E-state index in [0.717, 1.165) is 55.1 Å². The Labute approximate surface area is 246 Å². The summed E-state index contributed by atoms with van der Waals surface area (Å²) in [5, 5.41) is 10.8. The summed E-state index contributed by atoms with van der Waals surface area (Å²) in [4.78, 5) is 21.5. The van der Waals surface area contributed by atoms with Gasteiger partial charge in [0.25, 0.3) is 0 Å². The first kappa shape index (κ1) is 25.3. The molecular weight excluding hydrogens is 549 g/mol. The van der Waals surface area contributed by atoms with Crippen molar-refractivity contribution in [2.45, 2.75) is 6.54 Å². The van der Waals surface area contributed by atoms with E-state index in [1.807, 2.05) is 18.2 Å². The molecule has 5 aromatic carbocycles. The van der Waals surface area contributed by atoms with E-state index >= 15 is 0 Å². The second kappa shape index (κ2) is 10.4. The summed E-state index contributed by atoms with van der Waals surface area (Å²) in [6, 6.07) is 34.6. The molecule has 0 radical (unpaired) electrons. The Morgan fingerprint density at radius 3 is 2.32 bits per heavy atom. The van der Waals surface area contributed by atoms with Crippen LogP contribution in [-0.2, 0) is 11.3 Å². The molecule has 0 unspecified atom stereocenters. The number of amides is 1. The molecule has 0 aliphatic rings. The lowest BCUT2D eigenvalue weighted by Gasteiger charge is -2.13. The monoisotopic (exact) mass is 571 g/mol. The number of halogens is 2. The van der Waals surface area contributed by atoms with E-state index in [1.54, 1.807) is 18.2 Å². The van der Waals surface area contributed by atoms with Crippen molar-refractivity contribution in [3.63, 3.8) is 0 Å². The Kier molecular flexibility index (Phi) is 6.43. The van der Waals surface area contributed by atoms with Crippen molar-refractivity contribution in [2.24, 2.45) is 0 Å². The van der Waals surface area contributed by atoms with Gasteiger partial charge in [-0.3, -0.25) is 4.79 Å². The average Bonchev–Trinajstić information content (AvgIpc) is 3.38. The summed E-state index contributed by atoms with van der Waals surface area (Å²) in [6.07, 6.45) is 3.20. The molecule has 0 atom stereocenters. The number of nitrogens with zero attached hydrogens (tertiary/aromatic N) is 1. The number of nitrogens with one attached hydrogen (secondary N) is 2. The first-order valence-electron chi connectivity index (χ1n) is 13.3. The highest BCUT2D eigenvalue weighted by molar-refractivity contribution is 6.42. The molecule has 2 aromatic heterocycles. The predicted molar refractivity (Wildman–Crippen MR) is 171 cm³/mol. The molecule has 0 spiro atoms. The number of aromatic amines is 1. The molecule has 198 valence electrons. The minimum atomic E-state index is -0.227. The summed E-state index contributed by atoms with van der Waals surface area (Å²) >= 11 is 12.1. The van der Waals surface area contributed by atoms with Crippen molar-refractivity contribution in [1.29, 1.82) is 0 Å². The number of para-hydroxylation sites is 1. The summed E-state index contributed by atoms with van der Waals surface area (Å²) < 4.78 is 0. The Morgan fingerprint density at radius 2 is 1.49 bits per heavy atom. The third-order valence-electron chi connectivity index (χ3n) is 7.39. The van der Waals surface area contributed by atoms with E-state index in [9.17, 15) is 4.79 Å². The second-order valence-electron chi connectivity index (χ2n) is 9.97. The third-order valence-corrected chi connectivity index (χ3v) is 8.13. The minimum absolute atomic E-state index is 0.227. The van der Waals surface area contributed by atoms with Gasteiger partial charge < -0.3 is 10.3 Å². The van der Waals surface area contributed by atoms with Gasteiger partial charge in [-0.1, -0.05) is 96.0 Å². The number of benzene rings is 5. The van der Waals surface area contributed by atoms with E-state index < -0.39 is 0 Å². The number of H-pyrrole nitrogens is 1. The van der Waals surface area contributed by atoms with Gasteiger partial charge in [0.1, 0.15) is 0 Å². The maximum Gasteiger partial charge on any atom is 0.244 e. The fourth-order valence-corrected chi connectivity index (χ4v) is 5.77. The fourth-order valence-electron chi connectivity index (χ4n) is 5.46. The molecule has 4 nitrogen and oxygen atoms in total. The van der Waals surface area contributed by atoms with Gasteiger partial charge in [-0.25, -0.2) is 4.98 Å². The van der Waals surface area contributed by atoms with Crippen molar-refractivity contribution >= 4 is 78.5 Å². The van der Waals surface area contributed by atoms with Gasteiger partial charge in [-0.05, 0) is 63.5 Å². The molecular formula is C35H23Cl2N3O. The topological polar surface area (TPSA) is 57.8 Å². The molecule has 6 heteroatoms. The maximum absolute atomic E-state index is 12.8. The van der Waals surface area contributed by atoms with Crippen LogP contribution in [-0.4, -0.2) is 15.9 Å². The van der Waals surface area contributed by atoms with Crippen LogP contribution in [0.25, 0.3) is 60.7 Å². The molecule has 0 fully saturated rings. The smallest absolute Gasteiger partial charge is 0.244 e. The normalized spacial score (nSPS) is 11.8. The lowest BCUT2D eigenvalue weighted by Crippen LogP contribution is -2.21. The number of pyridine rings is 1. The zero-order valence-corrected chi connectivity index (χ0v) is 23.3. The number of hydrogen-bond acceptors (Lipinski definition) is 2. The number of hydrogen-bond donors (Lipinski definition) is 2. The van der Waals surface area contributed by atoms with Gasteiger partial charge in [-0.15, -0.1) is 0 Å². The van der Waals surface area contributed by atoms with Gasteiger partial charge in [0, 0.05) is 27.9 Å². The van der Waals surface area contributed by atoms with Gasteiger partial charge in [-0.2, -0.15) is 0 Å². The average molecular weight is 572 g/mol. The van der Waals surface area contributed by atoms with Gasteiger partial charge in [0.2, 0.25) is 5.91 Å². The van der Waals surface area contributed by atoms with Gasteiger partial charge >= 0.3 is 0 Å². The molecule has 0 aliphatic carbocycles. The van der Waals surface area contributed by atoms with Crippen molar-refractivity contribution in [3.8, 4) is 11.3 Å². The summed E-state index contributed by atoms with van der Waals surface area (Å²) in [6.45, 7) is 0.276. The number of aromatic nitrogens is 2. The van der Waals surface area contributed by atoms with Crippen molar-refractivity contribution in [3.05, 3.63) is 131 Å². The molecule has 0 bridgehead atoms. The molecule has 7 rings (SSSR count). The predicted octanol–water partition coefficient (Wildman–Crippen LogP) is 9.33. The van der Waals surface area contributed by atoms with Crippen LogP contribution in [0.4, 0.5) is 0 Å². The van der Waals surface area contributed by atoms with Gasteiger partial charge in [0.05, 0.1) is 33.5 Å². The largest absolute Gasteiger partial charge is 0.353 e. The van der Waals surface area contributed by atoms with Crippen molar-refractivity contribution in [1.82, 2.24) is 15.3 Å². The van der Waals surface area contributed by atoms with Crippen molar-refractivity contribution in [2.75, 3.05) is 0 Å². The quantitative estimate of drug-likeness (QED) is 0.160.